The van der Waals surface area contributed by atoms with Gasteiger partial charge in [0.25, 0.3) is 7.41 Å². The molecule has 333 valence electrons. The van der Waals surface area contributed by atoms with Crippen molar-refractivity contribution in [2.75, 3.05) is 14.2 Å². The van der Waals surface area contributed by atoms with Crippen LogP contribution in [-0.4, -0.2) is 57.6 Å². The molecule has 7 aromatic carbocycles. The van der Waals surface area contributed by atoms with Crippen molar-refractivity contribution in [1.82, 2.24) is 18.9 Å². The maximum atomic E-state index is 11.9. The molecular formula is C56H37B2N6O4S2. The van der Waals surface area contributed by atoms with Crippen LogP contribution in [0.5, 0.6) is 23.0 Å². The summed E-state index contributed by atoms with van der Waals surface area (Å²) in [5.74, 6) is 1.42. The number of rotatable bonds is 11. The molecule has 4 aromatic heterocycles. The first-order valence-corrected chi connectivity index (χ1v) is 23.8. The Kier molecular flexibility index (Phi) is 11.5. The molecule has 1 radical (unpaired) electrons. The highest BCUT2D eigenvalue weighted by Crippen LogP contribution is 2.38. The smallest absolute Gasteiger partial charge is 0.328 e. The van der Waals surface area contributed by atoms with E-state index in [4.69, 9.17) is 19.4 Å². The first kappa shape index (κ1) is 43.7. The minimum atomic E-state index is -0.570. The van der Waals surface area contributed by atoms with Gasteiger partial charge in [-0.1, -0.05) is 107 Å². The van der Waals surface area contributed by atoms with Crippen LogP contribution in [0.3, 0.4) is 0 Å². The topological polar surface area (TPSA) is 142 Å². The quantitative estimate of drug-likeness (QED) is 0.123. The summed E-state index contributed by atoms with van der Waals surface area (Å²) < 4.78 is 17.2. The fourth-order valence-corrected chi connectivity index (χ4v) is 11.1. The summed E-state index contributed by atoms with van der Waals surface area (Å²) in [4.78, 5) is 10.3. The zero-order chi connectivity index (χ0) is 47.9. The minimum absolute atomic E-state index is 0.0735. The zero-order valence-corrected chi connectivity index (χ0v) is 39.2. The van der Waals surface area contributed by atoms with Crippen molar-refractivity contribution >= 4 is 95.7 Å². The van der Waals surface area contributed by atoms with Gasteiger partial charge in [0.2, 0.25) is 0 Å². The van der Waals surface area contributed by atoms with Gasteiger partial charge in [-0.15, -0.1) is 22.7 Å². The number of hydrogen-bond acceptors (Lipinski definition) is 10. The van der Waals surface area contributed by atoms with Crippen LogP contribution in [0.1, 0.15) is 10.0 Å². The lowest BCUT2D eigenvalue weighted by molar-refractivity contribution is 0.415. The van der Waals surface area contributed by atoms with E-state index in [1.54, 1.807) is 38.5 Å². The van der Waals surface area contributed by atoms with Gasteiger partial charge >= 0.3 is 6.85 Å². The number of phenolic OH excluding ortho intramolecular Hbond substituents is 2. The largest absolute Gasteiger partial charge is 0.508 e. The van der Waals surface area contributed by atoms with Crippen LogP contribution in [0.25, 0.3) is 64.9 Å². The summed E-state index contributed by atoms with van der Waals surface area (Å²) in [6, 6.07) is 60.9. The van der Waals surface area contributed by atoms with E-state index in [0.717, 1.165) is 25.8 Å². The lowest BCUT2D eigenvalue weighted by Gasteiger charge is -2.22. The number of aromatic nitrogens is 4. The third kappa shape index (κ3) is 7.71. The van der Waals surface area contributed by atoms with Crippen LogP contribution in [0.4, 0.5) is 0 Å². The molecule has 10 nitrogen and oxygen atoms in total. The zero-order valence-electron chi connectivity index (χ0n) is 37.6. The third-order valence-electron chi connectivity index (χ3n) is 12.3. The van der Waals surface area contributed by atoms with Crippen molar-refractivity contribution in [2.45, 2.75) is 0 Å². The SMILES string of the molecule is COc1ccc2sc(/C(C#N)=c3/c4c(-c5ccc(O)cc5)n(B(c5ccccc5)c5ccccc5)/c(=C(/C#N)c5nc6cc(OC)ccc6s5)c4c(-c4ccc(O)cc4)n3[B]c3ccccc3)nc2c1. The standard InChI is InChI=1S/C56H37B2N6O4S2/c1-67-41-26-28-47-45(30-41)61-55(69-47)43(32-59)53-50-49(51(34-18-22-39(65)23-19-34)63(53)57-36-12-6-3-7-13-36)54(44(33-60)56-62-46-31-42(68-2)27-29-48(46)70-56)64(52(50)35-20-24-40(66)25-21-35)58(37-14-8-4-9-15-37)38-16-10-5-11-17-38/h3-31,65-66H,1-2H3/b53-43-,54-44-. The number of thiazole rings is 2. The molecule has 0 aliphatic rings. The minimum Gasteiger partial charge on any atom is -0.508 e. The van der Waals surface area contributed by atoms with Crippen molar-refractivity contribution in [2.24, 2.45) is 0 Å². The second kappa shape index (κ2) is 18.4. The monoisotopic (exact) mass is 943 g/mol. The molecule has 11 rings (SSSR count). The summed E-state index contributed by atoms with van der Waals surface area (Å²) in [7, 11) is 5.22. The van der Waals surface area contributed by atoms with E-state index >= 15 is 0 Å². The Labute approximate surface area is 411 Å². The van der Waals surface area contributed by atoms with Crippen LogP contribution >= 0.6 is 22.7 Å². The number of aromatic hydroxyl groups is 2. The van der Waals surface area contributed by atoms with Gasteiger partial charge in [-0.05, 0) is 83.9 Å². The van der Waals surface area contributed by atoms with Crippen molar-refractivity contribution in [1.29, 1.82) is 10.5 Å². The number of methoxy groups -OCH3 is 2. The number of hydrogen-bond donors (Lipinski definition) is 2. The molecule has 0 saturated carbocycles. The van der Waals surface area contributed by atoms with Crippen molar-refractivity contribution < 1.29 is 19.7 Å². The predicted molar refractivity (Wildman–Crippen MR) is 283 cm³/mol. The molecule has 14 heteroatoms. The lowest BCUT2D eigenvalue weighted by atomic mass is 9.50. The molecule has 2 N–H and O–H groups in total. The molecule has 0 aliphatic heterocycles. The summed E-state index contributed by atoms with van der Waals surface area (Å²) >= 11 is 2.81. The van der Waals surface area contributed by atoms with Gasteiger partial charge in [-0.25, -0.2) is 9.97 Å². The number of ether oxygens (including phenoxy) is 2. The van der Waals surface area contributed by atoms with Gasteiger partial charge in [-0.2, -0.15) is 10.5 Å². The van der Waals surface area contributed by atoms with E-state index in [-0.39, 0.29) is 17.1 Å². The highest BCUT2D eigenvalue weighted by atomic mass is 32.1. The molecule has 0 fully saturated rings. The number of nitriles is 2. The second-order valence-electron chi connectivity index (χ2n) is 16.4. The molecule has 70 heavy (non-hydrogen) atoms. The van der Waals surface area contributed by atoms with Gasteiger partial charge in [0.15, 0.2) is 0 Å². The fraction of sp³-hybridized carbons (Fsp3) is 0.0357. The number of phenols is 2. The second-order valence-corrected chi connectivity index (χ2v) is 18.5. The summed E-state index contributed by atoms with van der Waals surface area (Å²) in [5.41, 5.74) is 7.34. The summed E-state index contributed by atoms with van der Waals surface area (Å²) in [6.45, 7) is -0.570. The summed E-state index contributed by atoms with van der Waals surface area (Å²) in [6.07, 6.45) is 0. The Morgan fingerprint density at radius 1 is 0.557 bits per heavy atom. The Balaban J connectivity index is 1.47. The van der Waals surface area contributed by atoms with E-state index < -0.39 is 6.85 Å². The van der Waals surface area contributed by atoms with Crippen molar-refractivity contribution in [3.05, 3.63) is 197 Å². The average molecular weight is 944 g/mol. The van der Waals surface area contributed by atoms with Gasteiger partial charge < -0.3 is 28.6 Å². The highest BCUT2D eigenvalue weighted by Gasteiger charge is 2.35. The Morgan fingerprint density at radius 2 is 1.00 bits per heavy atom. The van der Waals surface area contributed by atoms with E-state index in [0.29, 0.717) is 82.1 Å². The maximum Gasteiger partial charge on any atom is 0.328 e. The van der Waals surface area contributed by atoms with Crippen LogP contribution in [-0.2, 0) is 0 Å². The number of nitrogens with zero attached hydrogens (tertiary/aromatic N) is 6. The van der Waals surface area contributed by atoms with E-state index in [1.807, 2.05) is 139 Å². The Morgan fingerprint density at radius 3 is 1.47 bits per heavy atom. The molecular weight excluding hydrogens is 906 g/mol. The molecule has 0 saturated heterocycles. The van der Waals surface area contributed by atoms with E-state index in [9.17, 15) is 20.7 Å². The Hall–Kier alpha value is -8.81. The predicted octanol–water partition coefficient (Wildman–Crippen LogP) is 8.32. The molecule has 0 unspecified atom stereocenters. The van der Waals surface area contributed by atoms with Crippen LogP contribution in [0.15, 0.2) is 176 Å². The van der Waals surface area contributed by atoms with Crippen LogP contribution in [0.2, 0.25) is 0 Å². The highest BCUT2D eigenvalue weighted by molar-refractivity contribution is 7.20. The van der Waals surface area contributed by atoms with Crippen LogP contribution in [0, 0.1) is 22.7 Å². The maximum absolute atomic E-state index is 11.9. The van der Waals surface area contributed by atoms with Crippen LogP contribution < -0.4 is 36.6 Å². The molecule has 0 atom stereocenters. The lowest BCUT2D eigenvalue weighted by Crippen LogP contribution is -2.53. The van der Waals surface area contributed by atoms with Gasteiger partial charge in [0.1, 0.15) is 56.3 Å². The fourth-order valence-electron chi connectivity index (χ4n) is 9.22. The van der Waals surface area contributed by atoms with Gasteiger partial charge in [-0.3, -0.25) is 0 Å². The average Bonchev–Trinajstić information content (AvgIpc) is 4.17. The van der Waals surface area contributed by atoms with Crippen molar-refractivity contribution in [3.8, 4) is 57.7 Å². The molecule has 11 aromatic rings. The number of fused-ring (bicyclic) bond motifs is 3. The van der Waals surface area contributed by atoms with Gasteiger partial charge in [0.05, 0.1) is 45.4 Å². The molecule has 0 amide bonds. The summed E-state index contributed by atoms with van der Waals surface area (Å²) in [5, 5.41) is 48.8. The van der Waals surface area contributed by atoms with Crippen molar-refractivity contribution in [3.63, 3.8) is 0 Å². The first-order chi connectivity index (χ1) is 34.3. The van der Waals surface area contributed by atoms with Gasteiger partial charge in [0, 0.05) is 34.3 Å². The molecule has 0 spiro atoms. The first-order valence-electron chi connectivity index (χ1n) is 22.2. The molecule has 0 aliphatic carbocycles. The van der Waals surface area contributed by atoms with E-state index in [2.05, 4.69) is 40.9 Å². The third-order valence-corrected chi connectivity index (χ3v) is 14.4. The molecule has 4 heterocycles. The Bertz CT molecular complexity index is 3950. The molecule has 0 bridgehead atoms. The van der Waals surface area contributed by atoms with E-state index in [1.165, 1.54) is 22.7 Å². The normalized spacial score (nSPS) is 12.1. The number of benzene rings is 7.